The van der Waals surface area contributed by atoms with Gasteiger partial charge in [0.1, 0.15) is 96.5 Å². The van der Waals surface area contributed by atoms with Crippen LogP contribution in [-0.4, -0.2) is 216 Å². The van der Waals surface area contributed by atoms with Crippen molar-refractivity contribution in [3.63, 3.8) is 0 Å². The van der Waals surface area contributed by atoms with Crippen molar-refractivity contribution in [2.75, 3.05) is 89.9 Å². The first-order chi connectivity index (χ1) is 68.7. The van der Waals surface area contributed by atoms with E-state index in [0.29, 0.717) is 28.2 Å². The second kappa shape index (κ2) is 44.2. The molecule has 3 amide bonds. The monoisotopic (exact) mass is 2070 g/mol. The minimum atomic E-state index is -4.62. The molecule has 5 fully saturated rings. The predicted octanol–water partition coefficient (Wildman–Crippen LogP) is 9.74. The minimum absolute atomic E-state index is 0.0116. The lowest BCUT2D eigenvalue weighted by molar-refractivity contribution is -0.150. The summed E-state index contributed by atoms with van der Waals surface area (Å²) in [7, 11) is -15.1. The van der Waals surface area contributed by atoms with E-state index in [0.717, 1.165) is 47.3 Å². The average molecular weight is 2070 g/mol. The fourth-order valence-corrected chi connectivity index (χ4v) is 21.9. The number of aromatic nitrogens is 12. The van der Waals surface area contributed by atoms with Gasteiger partial charge in [0.25, 0.3) is 28.5 Å². The first kappa shape index (κ1) is 104. The third-order valence-corrected chi connectivity index (χ3v) is 29.4. The number of ether oxygens (including phenoxy) is 9. The van der Waals surface area contributed by atoms with Gasteiger partial charge in [-0.05, 0) is 91.2 Å². The van der Waals surface area contributed by atoms with Gasteiger partial charge in [-0.25, -0.2) is 24.2 Å². The number of carbonyl (C=O) groups excluding carboxylic acids is 4. The summed E-state index contributed by atoms with van der Waals surface area (Å²) in [4.78, 5) is 170. The number of carbonyl (C=O) groups is 4. The lowest BCUT2D eigenvalue weighted by Crippen LogP contribution is -2.38. The Morgan fingerprint density at radius 1 is 0.438 bits per heavy atom. The molecule has 144 heavy (non-hydrogen) atoms. The zero-order valence-corrected chi connectivity index (χ0v) is 83.1. The first-order valence-electron chi connectivity index (χ1n) is 45.5. The van der Waals surface area contributed by atoms with E-state index in [1.807, 2.05) is 54.6 Å². The standard InChI is InChI=1S/C93H105N15O32P4/c1-52(2)82(110)100-88-99-81-80(87(115)101-88)94-51-108(81)79-39-63(131-55(5)109)69(133-79)47-127-141(8,120)140-67-43-78(107-45-54(4)84(112)103-92(107)119)136-72(67)50-130-144(11,123)139-66-41-76(105-38-36-74(98-90(105)117)96-86(114)57-23-17-13-18-24-57)135-71(66)49-129-143(10,122)138-65-40-75(104-37-35-73(97-89(104)116)95-85(113)56-21-15-12-16-22-56)134-70(65)48-128-142(9,121)137-64-42-77(106-44-53(3)83(111)102-91(106)118)132-68(64)46-126-93(58-25-19-14-20-26-58,59-27-31-61(124-6)32-28-59)60-29-33-62(125-7)34-30-60/h12-38,44-45,51-52,63-72,75-79H,39-43,46-50H2,1-11H3,(H,102,111,118)(H,103,112,119)(H,95,97,113,116)(H,96,98,114,117)(H2,99,100,101,110,115)/t63-,64-,65-,66-,67-,68+,69+,70+,71+,72+,75+,76+,77+,78+,79+,141-,142-,143-,144-/m0/s1. The highest BCUT2D eigenvalue weighted by molar-refractivity contribution is 7.53. The largest absolute Gasteiger partial charge is 0.497 e. The molecule has 19 atom stereocenters. The van der Waals surface area contributed by atoms with Crippen molar-refractivity contribution in [2.24, 2.45) is 5.92 Å². The van der Waals surface area contributed by atoms with Gasteiger partial charge in [0.2, 0.25) is 11.9 Å². The van der Waals surface area contributed by atoms with Crippen molar-refractivity contribution in [2.45, 2.75) is 165 Å². The summed E-state index contributed by atoms with van der Waals surface area (Å²) in [6, 6.07) is 42.5. The summed E-state index contributed by atoms with van der Waals surface area (Å²) >= 11 is 0. The van der Waals surface area contributed by atoms with Crippen molar-refractivity contribution >= 4 is 82.8 Å². The minimum Gasteiger partial charge on any atom is -0.497 e. The molecule has 6 N–H and O–H groups in total. The van der Waals surface area contributed by atoms with Crippen molar-refractivity contribution in [3.8, 4) is 11.5 Å². The summed E-state index contributed by atoms with van der Waals surface area (Å²) in [5.41, 5.74) is -4.65. The van der Waals surface area contributed by atoms with Gasteiger partial charge in [-0.2, -0.15) is 15.0 Å². The van der Waals surface area contributed by atoms with Crippen molar-refractivity contribution < 1.29 is 116 Å². The Balaban J connectivity index is 0.655. The Hall–Kier alpha value is -12.6. The highest BCUT2D eigenvalue weighted by Crippen LogP contribution is 2.56. The smallest absolute Gasteiger partial charge is 0.351 e. The van der Waals surface area contributed by atoms with Crippen LogP contribution in [0, 0.1) is 19.8 Å². The molecule has 6 aromatic heterocycles. The fraction of sp³-hybridized carbons (Fsp3) is 0.409. The third kappa shape index (κ3) is 24.6. The number of H-pyrrole nitrogens is 3. The summed E-state index contributed by atoms with van der Waals surface area (Å²) in [5.74, 6) is -2.24. The Kier molecular flexibility index (Phi) is 32.0. The van der Waals surface area contributed by atoms with Gasteiger partial charge in [-0.3, -0.25) is 94.9 Å². The molecule has 11 heterocycles. The fourth-order valence-electron chi connectivity index (χ4n) is 17.1. The summed E-state index contributed by atoms with van der Waals surface area (Å²) < 4.78 is 173. The third-order valence-electron chi connectivity index (χ3n) is 24.3. The summed E-state index contributed by atoms with van der Waals surface area (Å²) in [5, 5.41) is 7.73. The summed E-state index contributed by atoms with van der Waals surface area (Å²) in [6.45, 7) is 8.61. The van der Waals surface area contributed by atoms with E-state index < -0.39 is 224 Å². The van der Waals surface area contributed by atoms with Crippen LogP contribution in [0.4, 0.5) is 17.6 Å². The van der Waals surface area contributed by atoms with E-state index in [1.165, 1.54) is 80.4 Å². The molecular formula is C93H105N15O32P4. The predicted molar refractivity (Wildman–Crippen MR) is 513 cm³/mol. The van der Waals surface area contributed by atoms with E-state index in [9.17, 15) is 57.3 Å². The lowest BCUT2D eigenvalue weighted by Gasteiger charge is -2.37. The lowest BCUT2D eigenvalue weighted by atomic mass is 9.80. The number of anilines is 3. The van der Waals surface area contributed by atoms with Gasteiger partial charge in [0.15, 0.2) is 11.2 Å². The number of rotatable bonds is 40. The summed E-state index contributed by atoms with van der Waals surface area (Å²) in [6.07, 6.45) is -14.7. The van der Waals surface area contributed by atoms with E-state index in [2.05, 4.69) is 50.8 Å². The topological polar surface area (TPSA) is 573 Å². The van der Waals surface area contributed by atoms with Crippen molar-refractivity contribution in [3.05, 3.63) is 295 Å². The number of hydrogen-bond donors (Lipinski definition) is 6. The van der Waals surface area contributed by atoms with Gasteiger partial charge in [-0.1, -0.05) is 105 Å². The number of methoxy groups -OCH3 is 2. The Morgan fingerprint density at radius 2 is 0.792 bits per heavy atom. The number of hydrogen-bond acceptors (Lipinski definition) is 36. The normalized spacial score (nSPS) is 23.8. The van der Waals surface area contributed by atoms with Gasteiger partial charge >= 0.3 is 59.1 Å². The maximum absolute atomic E-state index is 15.5. The first-order valence-corrected chi connectivity index (χ1v) is 53.5. The molecule has 5 aliphatic heterocycles. The van der Waals surface area contributed by atoms with Crippen LogP contribution in [-0.2, 0) is 103 Å². The van der Waals surface area contributed by atoms with E-state index >= 15 is 13.7 Å². The van der Waals surface area contributed by atoms with Crippen LogP contribution in [0.15, 0.2) is 216 Å². The maximum atomic E-state index is 15.5. The number of aromatic amines is 3. The molecule has 5 aromatic carbocycles. The van der Waals surface area contributed by atoms with Crippen LogP contribution in [0.5, 0.6) is 11.5 Å². The molecule has 0 saturated carbocycles. The second-order valence-electron chi connectivity index (χ2n) is 35.1. The molecule has 11 aromatic rings. The molecule has 0 spiro atoms. The molecular weight excluding hydrogens is 1960 g/mol. The quantitative estimate of drug-likeness (QED) is 0.0118. The molecule has 5 aliphatic rings. The molecule has 764 valence electrons. The van der Waals surface area contributed by atoms with Crippen LogP contribution in [0.25, 0.3) is 11.2 Å². The molecule has 5 saturated heterocycles. The number of fused-ring (bicyclic) bond motifs is 1. The SMILES string of the molecule is COc1ccc(C(OC[C@H]2O[C@@H](n3cc(C)c(=O)[nH]c3=O)C[C@@H]2O[P@@](C)(=O)OC[C@H]2O[C@@H](n3ccc(NC(=O)c4ccccc4)nc3=O)C[C@@H]2O[P@@](C)(=O)OC[C@H]2O[C@@H](n3ccc(NC(=O)c4ccccc4)nc3=O)C[C@@H]2O[P@@](C)(=O)OC[C@H]2O[C@@H](n3cc(C)c(=O)[nH]c3=O)C[C@@H]2O[P@@](C)(=O)OC[C@H]2O[C@@H](n3cnc4c(=O)[nH]c(NC(=O)C(C)C)nc43)C[C@@H]2OC(C)=O)(c2ccccc2)c2ccc(OC)cc2)cc1. The zero-order valence-electron chi connectivity index (χ0n) is 79.5. The Bertz CT molecular complexity index is 7170. The van der Waals surface area contributed by atoms with E-state index in [-0.39, 0.29) is 89.7 Å². The average Bonchev–Trinajstić information content (AvgIpc) is 0.918. The van der Waals surface area contributed by atoms with Gasteiger partial charge < -0.3 is 89.5 Å². The van der Waals surface area contributed by atoms with Crippen molar-refractivity contribution in [1.82, 2.24) is 57.7 Å². The van der Waals surface area contributed by atoms with Crippen LogP contribution in [0.2, 0.25) is 0 Å². The molecule has 0 unspecified atom stereocenters. The number of aryl methyl sites for hydroxylation is 2. The number of imidazole rings is 1. The molecule has 0 aliphatic carbocycles. The highest BCUT2D eigenvalue weighted by Gasteiger charge is 2.51. The van der Waals surface area contributed by atoms with Crippen LogP contribution in [0.1, 0.15) is 133 Å². The molecule has 0 bridgehead atoms. The van der Waals surface area contributed by atoms with Crippen LogP contribution in [0.3, 0.4) is 0 Å². The number of amides is 3. The molecule has 47 nitrogen and oxygen atoms in total. The number of nitrogens with zero attached hydrogens (tertiary/aromatic N) is 9. The highest BCUT2D eigenvalue weighted by atomic mass is 31.2. The number of nitrogens with one attached hydrogen (secondary N) is 6. The van der Waals surface area contributed by atoms with E-state index in [1.54, 1.807) is 98.8 Å². The molecule has 51 heteroatoms. The maximum Gasteiger partial charge on any atom is 0.351 e. The number of benzene rings is 5. The van der Waals surface area contributed by atoms with Crippen LogP contribution < -0.4 is 64.9 Å². The second-order valence-corrected chi connectivity index (χ2v) is 43.2. The van der Waals surface area contributed by atoms with Gasteiger partial charge in [-0.15, -0.1) is 0 Å². The zero-order chi connectivity index (χ0) is 102. The molecule has 16 rings (SSSR count). The Labute approximate surface area is 819 Å². The Morgan fingerprint density at radius 3 is 1.17 bits per heavy atom. The molecule has 0 radical (unpaired) electrons. The van der Waals surface area contributed by atoms with Crippen LogP contribution >= 0.6 is 30.4 Å². The number of esters is 1. The van der Waals surface area contributed by atoms with Crippen molar-refractivity contribution in [1.29, 1.82) is 0 Å². The van der Waals surface area contributed by atoms with E-state index in [4.69, 9.17) is 78.8 Å². The van der Waals surface area contributed by atoms with Gasteiger partial charge in [0, 0.05) is 119 Å². The van der Waals surface area contributed by atoms with Gasteiger partial charge in [0.05, 0.1) is 78.0 Å².